The molecule has 0 aliphatic carbocycles. The molecule has 4 aromatic rings. The zero-order valence-corrected chi connectivity index (χ0v) is 20.6. The first-order valence-corrected chi connectivity index (χ1v) is 11.3. The largest absolute Gasteiger partial charge is 0.493 e. The van der Waals surface area contributed by atoms with Crippen molar-refractivity contribution in [3.8, 4) is 23.3 Å². The number of halogens is 3. The Balaban J connectivity index is 2.04. The van der Waals surface area contributed by atoms with Crippen molar-refractivity contribution in [1.29, 1.82) is 5.26 Å². The van der Waals surface area contributed by atoms with Crippen LogP contribution >= 0.6 is 11.6 Å². The van der Waals surface area contributed by atoms with Crippen molar-refractivity contribution in [3.63, 3.8) is 0 Å². The van der Waals surface area contributed by atoms with Crippen LogP contribution in [0.15, 0.2) is 53.3 Å². The Hall–Kier alpha value is -4.55. The molecule has 0 saturated carbocycles. The third-order valence-corrected chi connectivity index (χ3v) is 6.18. The second-order valence-electron chi connectivity index (χ2n) is 8.04. The fourth-order valence-electron chi connectivity index (χ4n) is 3.94. The van der Waals surface area contributed by atoms with Gasteiger partial charge in [-0.15, -0.1) is 0 Å². The molecule has 0 unspecified atom stereocenters. The molecule has 0 atom stereocenters. The first-order chi connectivity index (χ1) is 17.7. The molecule has 1 aromatic heterocycles. The SMILES string of the molecule is C=c1cc(OC)c(OCc2ccc(F)cc2Cl)c/c1=c1/c(=C\N)n(C)c(=O)n1-c1ccc(C#N)cc1F. The van der Waals surface area contributed by atoms with Crippen LogP contribution in [0.2, 0.25) is 5.02 Å². The Morgan fingerprint density at radius 3 is 2.54 bits per heavy atom. The van der Waals surface area contributed by atoms with Crippen molar-refractivity contribution in [3.05, 3.63) is 108 Å². The van der Waals surface area contributed by atoms with E-state index < -0.39 is 17.3 Å². The van der Waals surface area contributed by atoms with Crippen molar-refractivity contribution >= 4 is 24.4 Å². The summed E-state index contributed by atoms with van der Waals surface area (Å²) in [6.45, 7) is 4.07. The van der Waals surface area contributed by atoms with Gasteiger partial charge in [-0.25, -0.2) is 13.6 Å². The molecule has 7 nitrogen and oxygen atoms in total. The number of imidazole rings is 1. The molecule has 0 amide bonds. The summed E-state index contributed by atoms with van der Waals surface area (Å²) in [5.74, 6) is -0.619. The van der Waals surface area contributed by atoms with Gasteiger partial charge >= 0.3 is 5.69 Å². The van der Waals surface area contributed by atoms with Gasteiger partial charge < -0.3 is 15.2 Å². The minimum Gasteiger partial charge on any atom is -0.493 e. The number of benzene rings is 3. The van der Waals surface area contributed by atoms with E-state index in [0.717, 1.165) is 10.6 Å². The molecule has 3 aromatic carbocycles. The van der Waals surface area contributed by atoms with Crippen LogP contribution in [-0.2, 0) is 13.7 Å². The average molecular weight is 523 g/mol. The number of aromatic nitrogens is 2. The van der Waals surface area contributed by atoms with Gasteiger partial charge in [0, 0.05) is 24.0 Å². The maximum atomic E-state index is 15.1. The minimum absolute atomic E-state index is 0.00683. The average Bonchev–Trinajstić information content (AvgIpc) is 3.13. The molecule has 1 heterocycles. The smallest absolute Gasteiger partial charge is 0.333 e. The zero-order chi connectivity index (χ0) is 26.9. The molecule has 0 fully saturated rings. The molecule has 0 saturated heterocycles. The lowest BCUT2D eigenvalue weighted by molar-refractivity contribution is 0.284. The van der Waals surface area contributed by atoms with Crippen molar-refractivity contribution in [1.82, 2.24) is 9.13 Å². The minimum atomic E-state index is -0.766. The Morgan fingerprint density at radius 1 is 1.16 bits per heavy atom. The predicted octanol–water partition coefficient (Wildman–Crippen LogP) is 2.96. The molecule has 0 radical (unpaired) electrons. The highest BCUT2D eigenvalue weighted by molar-refractivity contribution is 6.31. The standard InChI is InChI=1S/C27H21ClF2N4O3/c1-15-8-24(36-3)25(37-14-17-5-6-18(29)10-20(17)28)11-19(15)26-23(13-32)33(2)27(35)34(26)22-7-4-16(12-31)9-21(22)30/h4-11,13H,1,14,32H2,2-3H3/b23-13+,26-19+. The Kier molecular flexibility index (Phi) is 7.05. The Bertz CT molecular complexity index is 1840. The van der Waals surface area contributed by atoms with Crippen LogP contribution in [0, 0.1) is 33.5 Å². The summed E-state index contributed by atoms with van der Waals surface area (Å²) in [6.07, 6.45) is 1.23. The number of nitrogens with two attached hydrogens (primary N) is 1. The number of hydrogen-bond acceptors (Lipinski definition) is 5. The van der Waals surface area contributed by atoms with Crippen molar-refractivity contribution < 1.29 is 18.3 Å². The zero-order valence-electron chi connectivity index (χ0n) is 19.9. The van der Waals surface area contributed by atoms with E-state index in [1.807, 2.05) is 6.07 Å². The van der Waals surface area contributed by atoms with Gasteiger partial charge in [-0.2, -0.15) is 5.26 Å². The van der Waals surface area contributed by atoms with Crippen molar-refractivity contribution in [2.75, 3.05) is 7.11 Å². The van der Waals surface area contributed by atoms with Crippen molar-refractivity contribution in [2.24, 2.45) is 12.8 Å². The van der Waals surface area contributed by atoms with Gasteiger partial charge in [0.25, 0.3) is 0 Å². The van der Waals surface area contributed by atoms with E-state index in [2.05, 4.69) is 6.58 Å². The predicted molar refractivity (Wildman–Crippen MR) is 136 cm³/mol. The van der Waals surface area contributed by atoms with Gasteiger partial charge in [0.1, 0.15) is 18.2 Å². The second kappa shape index (κ2) is 10.2. The highest BCUT2D eigenvalue weighted by atomic mass is 35.5. The van der Waals surface area contributed by atoms with E-state index in [-0.39, 0.29) is 34.0 Å². The molecule has 188 valence electrons. The Morgan fingerprint density at radius 2 is 1.92 bits per heavy atom. The third-order valence-electron chi connectivity index (χ3n) is 5.82. The molecular formula is C27H21ClF2N4O3. The van der Waals surface area contributed by atoms with E-state index in [1.165, 1.54) is 55.3 Å². The van der Waals surface area contributed by atoms with E-state index in [1.54, 1.807) is 12.1 Å². The van der Waals surface area contributed by atoms with E-state index in [4.69, 9.17) is 32.1 Å². The topological polar surface area (TPSA) is 95.2 Å². The molecule has 10 heteroatoms. The Labute approximate surface area is 214 Å². The molecule has 0 spiro atoms. The second-order valence-corrected chi connectivity index (χ2v) is 8.45. The monoisotopic (exact) mass is 522 g/mol. The van der Waals surface area contributed by atoms with Crippen LogP contribution in [0.3, 0.4) is 0 Å². The summed E-state index contributed by atoms with van der Waals surface area (Å²) >= 11 is 6.13. The molecule has 0 aliphatic rings. The molecule has 37 heavy (non-hydrogen) atoms. The molecule has 0 bridgehead atoms. The van der Waals surface area contributed by atoms with E-state index in [0.29, 0.717) is 27.1 Å². The summed E-state index contributed by atoms with van der Waals surface area (Å²) in [5.41, 5.74) is 5.90. The van der Waals surface area contributed by atoms with Gasteiger partial charge in [0.2, 0.25) is 0 Å². The van der Waals surface area contributed by atoms with Crippen LogP contribution in [0.5, 0.6) is 11.5 Å². The van der Waals surface area contributed by atoms with Gasteiger partial charge in [-0.1, -0.05) is 24.2 Å². The van der Waals surface area contributed by atoms with Crippen LogP contribution in [0.1, 0.15) is 11.1 Å². The van der Waals surface area contributed by atoms with Crippen LogP contribution < -0.4 is 31.5 Å². The van der Waals surface area contributed by atoms with E-state index in [9.17, 15) is 9.18 Å². The third kappa shape index (κ3) is 4.67. The summed E-state index contributed by atoms with van der Waals surface area (Å²) in [4.78, 5) is 13.2. The number of hydrogen-bond donors (Lipinski definition) is 1. The molecule has 0 aliphatic heterocycles. The number of nitriles is 1. The first kappa shape index (κ1) is 25.5. The molecule has 2 N–H and O–H groups in total. The number of rotatable bonds is 5. The summed E-state index contributed by atoms with van der Waals surface area (Å²) in [6, 6.07) is 12.8. The quantitative estimate of drug-likeness (QED) is 0.435. The highest BCUT2D eigenvalue weighted by Gasteiger charge is 2.16. The molecule has 4 rings (SSSR count). The van der Waals surface area contributed by atoms with Crippen molar-refractivity contribution in [2.45, 2.75) is 6.61 Å². The first-order valence-electron chi connectivity index (χ1n) is 10.9. The maximum absolute atomic E-state index is 15.1. The van der Waals surface area contributed by atoms with Crippen LogP contribution in [0.4, 0.5) is 8.78 Å². The fraction of sp³-hybridized carbons (Fsp3) is 0.111. The van der Waals surface area contributed by atoms with Gasteiger partial charge in [-0.3, -0.25) is 9.13 Å². The maximum Gasteiger partial charge on any atom is 0.333 e. The lowest BCUT2D eigenvalue weighted by Gasteiger charge is -2.12. The summed E-state index contributed by atoms with van der Waals surface area (Å²) in [7, 11) is 2.96. The number of ether oxygens (including phenoxy) is 2. The lowest BCUT2D eigenvalue weighted by atomic mass is 10.2. The fourth-order valence-corrected chi connectivity index (χ4v) is 4.16. The lowest BCUT2D eigenvalue weighted by Crippen LogP contribution is -2.26. The summed E-state index contributed by atoms with van der Waals surface area (Å²) < 4.78 is 42.3. The van der Waals surface area contributed by atoms with Crippen LogP contribution in [-0.4, -0.2) is 16.2 Å². The molecular weight excluding hydrogens is 502 g/mol. The van der Waals surface area contributed by atoms with Gasteiger partial charge in [0.15, 0.2) is 11.5 Å². The van der Waals surface area contributed by atoms with E-state index >= 15 is 4.39 Å². The number of nitrogens with zero attached hydrogens (tertiary/aromatic N) is 3. The highest BCUT2D eigenvalue weighted by Crippen LogP contribution is 2.27. The number of methoxy groups -OCH3 is 1. The van der Waals surface area contributed by atoms with Gasteiger partial charge in [0.05, 0.1) is 40.2 Å². The van der Waals surface area contributed by atoms with Gasteiger partial charge in [-0.05, 0) is 47.7 Å². The van der Waals surface area contributed by atoms with Crippen LogP contribution in [0.25, 0.3) is 18.5 Å². The normalized spacial score (nSPS) is 12.4. The summed E-state index contributed by atoms with van der Waals surface area (Å²) in [5, 5.41) is 10.7.